The van der Waals surface area contributed by atoms with Crippen molar-refractivity contribution >= 4 is 28.7 Å². The molecule has 19 heavy (non-hydrogen) atoms. The van der Waals surface area contributed by atoms with Crippen LogP contribution in [0.25, 0.3) is 17.4 Å². The fourth-order valence-electron chi connectivity index (χ4n) is 1.86. The Morgan fingerprint density at radius 3 is 2.53 bits per heavy atom. The molecule has 1 aromatic carbocycles. The Kier molecular flexibility index (Phi) is 3.09. The van der Waals surface area contributed by atoms with Gasteiger partial charge in [-0.1, -0.05) is 30.3 Å². The topological polar surface area (TPSA) is 47.3 Å². The van der Waals surface area contributed by atoms with Crippen molar-refractivity contribution in [3.8, 4) is 11.3 Å². The minimum Gasteiger partial charge on any atom is -0.457 e. The summed E-state index contributed by atoms with van der Waals surface area (Å²) in [5.74, 6) is 1.20. The first-order chi connectivity index (χ1) is 9.22. The van der Waals surface area contributed by atoms with Crippen molar-refractivity contribution in [2.24, 2.45) is 0 Å². The van der Waals surface area contributed by atoms with Crippen LogP contribution in [0.2, 0.25) is 0 Å². The maximum absolute atomic E-state index is 11.5. The standard InChI is InChI=1S/C15H10O3S/c16-12-9-15(17)19-14(12)8-11-6-7-13(18-11)10-4-2-1-3-5-10/h1-8H,9H2. The number of hydrogen-bond acceptors (Lipinski definition) is 4. The van der Waals surface area contributed by atoms with Gasteiger partial charge in [-0.25, -0.2) is 0 Å². The lowest BCUT2D eigenvalue weighted by atomic mass is 10.2. The van der Waals surface area contributed by atoms with Gasteiger partial charge in [-0.05, 0) is 30.0 Å². The van der Waals surface area contributed by atoms with E-state index in [9.17, 15) is 9.59 Å². The molecule has 0 spiro atoms. The van der Waals surface area contributed by atoms with E-state index in [1.165, 1.54) is 0 Å². The van der Waals surface area contributed by atoms with Crippen molar-refractivity contribution in [1.82, 2.24) is 0 Å². The SMILES string of the molecule is O=C1CC(=O)C(=Cc2ccc(-c3ccccc3)o2)S1. The minimum absolute atomic E-state index is 0.0112. The van der Waals surface area contributed by atoms with E-state index in [2.05, 4.69) is 0 Å². The maximum Gasteiger partial charge on any atom is 0.201 e. The molecule has 1 saturated heterocycles. The van der Waals surface area contributed by atoms with Gasteiger partial charge in [0.15, 0.2) is 5.78 Å². The Labute approximate surface area is 114 Å². The Balaban J connectivity index is 1.89. The van der Waals surface area contributed by atoms with E-state index in [4.69, 9.17) is 4.42 Å². The molecule has 0 N–H and O–H groups in total. The second kappa shape index (κ2) is 4.90. The summed E-state index contributed by atoms with van der Waals surface area (Å²) in [4.78, 5) is 23.1. The van der Waals surface area contributed by atoms with Crippen LogP contribution in [-0.4, -0.2) is 10.9 Å². The second-order valence-electron chi connectivity index (χ2n) is 4.15. The molecule has 3 nitrogen and oxygen atoms in total. The molecule has 0 amide bonds. The third-order valence-electron chi connectivity index (χ3n) is 2.76. The summed E-state index contributed by atoms with van der Waals surface area (Å²) in [7, 11) is 0. The third kappa shape index (κ3) is 2.53. The second-order valence-corrected chi connectivity index (χ2v) is 5.25. The van der Waals surface area contributed by atoms with Gasteiger partial charge in [0.25, 0.3) is 0 Å². The summed E-state index contributed by atoms with van der Waals surface area (Å²) in [5.41, 5.74) is 0.980. The molecule has 1 aliphatic heterocycles. The number of furan rings is 1. The summed E-state index contributed by atoms with van der Waals surface area (Å²) < 4.78 is 5.66. The zero-order valence-electron chi connectivity index (χ0n) is 9.96. The molecule has 1 fully saturated rings. The van der Waals surface area contributed by atoms with E-state index in [-0.39, 0.29) is 17.3 Å². The van der Waals surface area contributed by atoms with Gasteiger partial charge in [0.1, 0.15) is 11.5 Å². The first-order valence-corrected chi connectivity index (χ1v) is 6.65. The van der Waals surface area contributed by atoms with Crippen molar-refractivity contribution < 1.29 is 14.0 Å². The van der Waals surface area contributed by atoms with Crippen molar-refractivity contribution in [1.29, 1.82) is 0 Å². The highest BCUT2D eigenvalue weighted by Crippen LogP contribution is 2.31. The Morgan fingerprint density at radius 1 is 1.05 bits per heavy atom. The molecule has 0 atom stereocenters. The van der Waals surface area contributed by atoms with Gasteiger partial charge in [0.2, 0.25) is 5.12 Å². The van der Waals surface area contributed by atoms with Crippen LogP contribution in [0.5, 0.6) is 0 Å². The number of carbonyl (C=O) groups is 2. The molecular weight excluding hydrogens is 260 g/mol. The molecular formula is C15H10O3S. The van der Waals surface area contributed by atoms with Gasteiger partial charge in [0, 0.05) is 5.56 Å². The number of ketones is 1. The predicted molar refractivity (Wildman–Crippen MR) is 74.3 cm³/mol. The van der Waals surface area contributed by atoms with E-state index in [0.29, 0.717) is 10.7 Å². The Bertz CT molecular complexity index is 668. The van der Waals surface area contributed by atoms with Gasteiger partial charge >= 0.3 is 0 Å². The molecule has 1 aliphatic rings. The number of carbonyl (C=O) groups excluding carboxylic acids is 2. The summed E-state index contributed by atoms with van der Waals surface area (Å²) in [6.45, 7) is 0. The van der Waals surface area contributed by atoms with Gasteiger partial charge in [-0.3, -0.25) is 9.59 Å². The molecule has 2 heterocycles. The van der Waals surface area contributed by atoms with Crippen LogP contribution in [0.15, 0.2) is 51.8 Å². The fourth-order valence-corrected chi connectivity index (χ4v) is 2.67. The fraction of sp³-hybridized carbons (Fsp3) is 0.0667. The molecule has 94 valence electrons. The highest BCUT2D eigenvalue weighted by atomic mass is 32.2. The van der Waals surface area contributed by atoms with Crippen LogP contribution in [0.4, 0.5) is 0 Å². The monoisotopic (exact) mass is 270 g/mol. The van der Waals surface area contributed by atoms with Crippen molar-refractivity contribution in [3.05, 3.63) is 53.1 Å². The highest BCUT2D eigenvalue weighted by Gasteiger charge is 2.26. The zero-order chi connectivity index (χ0) is 13.2. The number of benzene rings is 1. The smallest absolute Gasteiger partial charge is 0.201 e. The van der Waals surface area contributed by atoms with Crippen molar-refractivity contribution in [3.63, 3.8) is 0 Å². The Morgan fingerprint density at radius 2 is 1.84 bits per heavy atom. The number of thioether (sulfide) groups is 1. The molecule has 0 aliphatic carbocycles. The predicted octanol–water partition coefficient (Wildman–Crippen LogP) is 3.52. The van der Waals surface area contributed by atoms with Crippen LogP contribution in [0.1, 0.15) is 12.2 Å². The molecule has 0 radical (unpaired) electrons. The van der Waals surface area contributed by atoms with Gasteiger partial charge in [-0.15, -0.1) is 0 Å². The van der Waals surface area contributed by atoms with Crippen molar-refractivity contribution in [2.75, 3.05) is 0 Å². The van der Waals surface area contributed by atoms with Crippen LogP contribution in [-0.2, 0) is 9.59 Å². The summed E-state index contributed by atoms with van der Waals surface area (Å²) in [6, 6.07) is 13.4. The van der Waals surface area contributed by atoms with Crippen molar-refractivity contribution in [2.45, 2.75) is 6.42 Å². The van der Waals surface area contributed by atoms with Gasteiger partial charge < -0.3 is 4.42 Å². The molecule has 2 aromatic rings. The first kappa shape index (κ1) is 12.0. The third-order valence-corrected chi connectivity index (χ3v) is 3.70. The van der Waals surface area contributed by atoms with E-state index in [1.54, 1.807) is 12.1 Å². The normalized spacial score (nSPS) is 17.4. The largest absolute Gasteiger partial charge is 0.457 e. The van der Waals surface area contributed by atoms with Crippen LogP contribution in [0, 0.1) is 0 Å². The quantitative estimate of drug-likeness (QED) is 0.618. The number of rotatable bonds is 2. The van der Waals surface area contributed by atoms with Gasteiger partial charge in [0.05, 0.1) is 11.3 Å². The van der Waals surface area contributed by atoms with E-state index >= 15 is 0 Å². The molecule has 3 rings (SSSR count). The van der Waals surface area contributed by atoms with E-state index in [1.807, 2.05) is 36.4 Å². The molecule has 1 aromatic heterocycles. The summed E-state index contributed by atoms with van der Waals surface area (Å²) in [5, 5.41) is -0.105. The highest BCUT2D eigenvalue weighted by molar-refractivity contribution is 8.18. The van der Waals surface area contributed by atoms with E-state index in [0.717, 1.165) is 23.1 Å². The number of Topliss-reactive ketones (excluding diaryl/α,β-unsaturated/α-hetero) is 1. The summed E-state index contributed by atoms with van der Waals surface area (Å²) in [6.07, 6.45) is 1.62. The van der Waals surface area contributed by atoms with E-state index < -0.39 is 0 Å². The number of allylic oxidation sites excluding steroid dienone is 1. The van der Waals surface area contributed by atoms with Gasteiger partial charge in [-0.2, -0.15) is 0 Å². The lowest BCUT2D eigenvalue weighted by Crippen LogP contribution is -1.91. The molecule has 4 heteroatoms. The zero-order valence-corrected chi connectivity index (χ0v) is 10.8. The molecule has 0 bridgehead atoms. The average Bonchev–Trinajstić information content (AvgIpc) is 2.99. The molecule has 0 unspecified atom stereocenters. The van der Waals surface area contributed by atoms with Crippen LogP contribution < -0.4 is 0 Å². The lowest BCUT2D eigenvalue weighted by molar-refractivity contribution is -0.119. The first-order valence-electron chi connectivity index (χ1n) is 5.83. The van der Waals surface area contributed by atoms with Crippen LogP contribution in [0.3, 0.4) is 0 Å². The minimum atomic E-state index is -0.132. The van der Waals surface area contributed by atoms with Crippen LogP contribution >= 0.6 is 11.8 Å². The lowest BCUT2D eigenvalue weighted by Gasteiger charge is -1.95. The maximum atomic E-state index is 11.5. The number of hydrogen-bond donors (Lipinski definition) is 0. The average molecular weight is 270 g/mol. The summed E-state index contributed by atoms with van der Waals surface area (Å²) >= 11 is 0.986. The Hall–Kier alpha value is -2.07. The molecule has 0 saturated carbocycles.